The maximum Gasteiger partial charge on any atom is 0.408 e. The molecular weight excluding hydrogens is 320 g/mol. The molecular formula is C17H21F2NO4. The molecule has 0 saturated carbocycles. The van der Waals surface area contributed by atoms with Gasteiger partial charge in [0, 0.05) is 23.9 Å². The van der Waals surface area contributed by atoms with Gasteiger partial charge < -0.3 is 9.84 Å². The highest BCUT2D eigenvalue weighted by Crippen LogP contribution is 2.35. The molecule has 1 amide bonds. The fourth-order valence-corrected chi connectivity index (χ4v) is 3.04. The van der Waals surface area contributed by atoms with Crippen molar-refractivity contribution in [1.82, 2.24) is 4.90 Å². The summed E-state index contributed by atoms with van der Waals surface area (Å²) in [5.41, 5.74) is -0.919. The van der Waals surface area contributed by atoms with Crippen molar-refractivity contribution < 1.29 is 28.2 Å². The molecule has 1 N–H and O–H groups in total. The molecule has 2 atom stereocenters. The summed E-state index contributed by atoms with van der Waals surface area (Å²) in [5.74, 6) is -1.52. The van der Waals surface area contributed by atoms with Crippen molar-refractivity contribution in [2.75, 3.05) is 6.61 Å². The summed E-state index contributed by atoms with van der Waals surface area (Å²) >= 11 is 0. The molecule has 1 fully saturated rings. The van der Waals surface area contributed by atoms with Gasteiger partial charge in [-0.1, -0.05) is 0 Å². The lowest BCUT2D eigenvalue weighted by Crippen LogP contribution is -2.54. The molecule has 0 bridgehead atoms. The lowest BCUT2D eigenvalue weighted by atomic mass is 9.92. The van der Waals surface area contributed by atoms with Gasteiger partial charge in [0.15, 0.2) is 0 Å². The number of halogens is 2. The van der Waals surface area contributed by atoms with Crippen molar-refractivity contribution in [2.45, 2.75) is 51.3 Å². The molecule has 0 unspecified atom stereocenters. The third kappa shape index (κ3) is 3.90. The van der Waals surface area contributed by atoms with Crippen LogP contribution < -0.4 is 0 Å². The Bertz CT molecular complexity index is 642. The highest BCUT2D eigenvalue weighted by atomic mass is 19.1. The zero-order valence-electron chi connectivity index (χ0n) is 13.9. The first-order chi connectivity index (χ1) is 11.1. The van der Waals surface area contributed by atoms with E-state index in [2.05, 4.69) is 0 Å². The van der Waals surface area contributed by atoms with Gasteiger partial charge in [0.2, 0.25) is 0 Å². The third-order valence-corrected chi connectivity index (χ3v) is 3.99. The molecule has 1 aromatic rings. The average molecular weight is 341 g/mol. The van der Waals surface area contributed by atoms with E-state index < -0.39 is 35.4 Å². The van der Waals surface area contributed by atoms with E-state index in [0.717, 1.165) is 23.1 Å². The number of rotatable bonds is 2. The molecule has 1 aliphatic heterocycles. The van der Waals surface area contributed by atoms with Crippen LogP contribution >= 0.6 is 0 Å². The van der Waals surface area contributed by atoms with Crippen LogP contribution in [-0.2, 0) is 9.53 Å². The molecule has 132 valence electrons. The first-order valence-electron chi connectivity index (χ1n) is 7.72. The second kappa shape index (κ2) is 6.84. The van der Waals surface area contributed by atoms with E-state index in [1.54, 1.807) is 20.8 Å². The van der Waals surface area contributed by atoms with Crippen molar-refractivity contribution >= 4 is 11.9 Å². The van der Waals surface area contributed by atoms with Gasteiger partial charge in [0.25, 0.3) is 0 Å². The minimum absolute atomic E-state index is 0.0353. The Hall–Kier alpha value is -2.02. The summed E-state index contributed by atoms with van der Waals surface area (Å²) in [6.07, 6.45) is -2.29. The molecule has 24 heavy (non-hydrogen) atoms. The molecule has 5 nitrogen and oxygen atoms in total. The average Bonchev–Trinajstić information content (AvgIpc) is 2.61. The van der Waals surface area contributed by atoms with Crippen LogP contribution in [0.5, 0.6) is 0 Å². The van der Waals surface area contributed by atoms with E-state index in [1.165, 1.54) is 0 Å². The third-order valence-electron chi connectivity index (χ3n) is 3.99. The van der Waals surface area contributed by atoms with Crippen LogP contribution in [0, 0.1) is 11.6 Å². The molecule has 0 aliphatic carbocycles. The van der Waals surface area contributed by atoms with Gasteiger partial charge in [0.05, 0.1) is 12.6 Å². The smallest absolute Gasteiger partial charge is 0.408 e. The summed E-state index contributed by atoms with van der Waals surface area (Å²) in [6, 6.07) is 2.01. The number of hydrogen-bond donors (Lipinski definition) is 1. The number of amides is 1. The van der Waals surface area contributed by atoms with Crippen molar-refractivity contribution in [3.8, 4) is 0 Å². The Kier molecular flexibility index (Phi) is 5.22. The van der Waals surface area contributed by atoms with E-state index >= 15 is 0 Å². The zero-order chi connectivity index (χ0) is 18.1. The molecule has 2 rings (SSSR count). The van der Waals surface area contributed by atoms with Gasteiger partial charge >= 0.3 is 6.09 Å². The van der Waals surface area contributed by atoms with E-state index in [1.807, 2.05) is 0 Å². The molecule has 0 spiro atoms. The summed E-state index contributed by atoms with van der Waals surface area (Å²) in [6.45, 7) is 5.06. The van der Waals surface area contributed by atoms with Crippen LogP contribution in [0.15, 0.2) is 18.2 Å². The van der Waals surface area contributed by atoms with Crippen molar-refractivity contribution in [3.05, 3.63) is 35.4 Å². The number of carbonyl (C=O) groups is 2. The van der Waals surface area contributed by atoms with E-state index in [-0.39, 0.29) is 30.8 Å². The highest BCUT2D eigenvalue weighted by Gasteiger charge is 2.42. The Morgan fingerprint density at radius 2 is 2.00 bits per heavy atom. The number of hydrogen-bond acceptors (Lipinski definition) is 3. The lowest BCUT2D eigenvalue weighted by molar-refractivity contribution is -0.119. The quantitative estimate of drug-likeness (QED) is 0.893. The Morgan fingerprint density at radius 1 is 1.33 bits per heavy atom. The normalized spacial score (nSPS) is 22.1. The molecule has 7 heteroatoms. The molecule has 1 aromatic carbocycles. The number of nitrogens with zero attached hydrogens (tertiary/aromatic N) is 1. The summed E-state index contributed by atoms with van der Waals surface area (Å²) in [4.78, 5) is 24.9. The second-order valence-electron chi connectivity index (χ2n) is 6.84. The van der Waals surface area contributed by atoms with Gasteiger partial charge in [0.1, 0.15) is 23.5 Å². The minimum atomic E-state index is -1.24. The monoisotopic (exact) mass is 341 g/mol. The van der Waals surface area contributed by atoms with Gasteiger partial charge in [-0.2, -0.15) is 0 Å². The second-order valence-corrected chi connectivity index (χ2v) is 6.84. The largest absolute Gasteiger partial charge is 0.465 e. The van der Waals surface area contributed by atoms with Crippen LogP contribution in [0.2, 0.25) is 0 Å². The maximum absolute atomic E-state index is 14.2. The molecule has 0 aromatic heterocycles. The Morgan fingerprint density at radius 3 is 2.58 bits per heavy atom. The number of carboxylic acid groups (broad SMARTS) is 1. The van der Waals surface area contributed by atoms with Crippen LogP contribution in [0.1, 0.15) is 45.3 Å². The van der Waals surface area contributed by atoms with Gasteiger partial charge in [-0.3, -0.25) is 9.69 Å². The maximum atomic E-state index is 14.2. The van der Waals surface area contributed by atoms with Crippen LogP contribution in [0.4, 0.5) is 13.6 Å². The zero-order valence-corrected chi connectivity index (χ0v) is 13.9. The lowest BCUT2D eigenvalue weighted by Gasteiger charge is -2.42. The molecule has 1 aliphatic rings. The Labute approximate surface area is 139 Å². The van der Waals surface area contributed by atoms with Gasteiger partial charge in [-0.15, -0.1) is 0 Å². The first kappa shape index (κ1) is 18.3. The van der Waals surface area contributed by atoms with Crippen LogP contribution in [-0.4, -0.2) is 40.1 Å². The number of carbonyl (C=O) groups excluding carboxylic acids is 1. The predicted octanol–water partition coefficient (Wildman–Crippen LogP) is 3.53. The van der Waals surface area contributed by atoms with E-state index in [9.17, 15) is 23.5 Å². The number of ether oxygens (including phenoxy) is 1. The molecule has 1 heterocycles. The number of ketones is 1. The fraction of sp³-hybridized carbons (Fsp3) is 0.529. The van der Waals surface area contributed by atoms with Crippen molar-refractivity contribution in [2.24, 2.45) is 0 Å². The Balaban J connectivity index is 2.54. The van der Waals surface area contributed by atoms with E-state index in [0.29, 0.717) is 0 Å². The highest BCUT2D eigenvalue weighted by molar-refractivity contribution is 5.80. The topological polar surface area (TPSA) is 66.8 Å². The summed E-state index contributed by atoms with van der Waals surface area (Å²) in [7, 11) is 0. The molecule has 0 radical (unpaired) electrons. The standard InChI is InChI=1S/C17H21F2NO4/c1-17(2,3)20(16(22)23)14-9-11(21)6-7-24-15(14)12-8-10(18)4-5-13(12)19/h4-5,8,14-15H,6-7,9H2,1-3H3,(H,22,23)/t14-,15-/m0/s1. The number of benzene rings is 1. The predicted molar refractivity (Wildman–Crippen MR) is 82.7 cm³/mol. The van der Waals surface area contributed by atoms with E-state index in [4.69, 9.17) is 4.74 Å². The van der Waals surface area contributed by atoms with Crippen LogP contribution in [0.3, 0.4) is 0 Å². The number of Topliss-reactive ketones (excluding diaryl/α,β-unsaturated/α-hetero) is 1. The summed E-state index contributed by atoms with van der Waals surface area (Å²) < 4.78 is 33.4. The fourth-order valence-electron chi connectivity index (χ4n) is 3.04. The van der Waals surface area contributed by atoms with Crippen molar-refractivity contribution in [1.29, 1.82) is 0 Å². The first-order valence-corrected chi connectivity index (χ1v) is 7.72. The SMILES string of the molecule is CC(C)(C)N(C(=O)O)[C@H]1CC(=O)CCO[C@H]1c1cc(F)ccc1F. The van der Waals surface area contributed by atoms with Crippen LogP contribution in [0.25, 0.3) is 0 Å². The van der Waals surface area contributed by atoms with Gasteiger partial charge in [-0.05, 0) is 39.0 Å². The summed E-state index contributed by atoms with van der Waals surface area (Å²) in [5, 5.41) is 9.62. The van der Waals surface area contributed by atoms with Gasteiger partial charge in [-0.25, -0.2) is 13.6 Å². The molecule has 1 saturated heterocycles. The van der Waals surface area contributed by atoms with Crippen molar-refractivity contribution in [3.63, 3.8) is 0 Å². The minimum Gasteiger partial charge on any atom is -0.465 e.